The summed E-state index contributed by atoms with van der Waals surface area (Å²) in [4.78, 5) is 32.3. The van der Waals surface area contributed by atoms with E-state index in [1.54, 1.807) is 12.1 Å². The molecule has 0 saturated heterocycles. The van der Waals surface area contributed by atoms with Crippen molar-refractivity contribution in [1.82, 2.24) is 15.0 Å². The first kappa shape index (κ1) is 14.1. The number of aromatic amines is 2. The highest BCUT2D eigenvalue weighted by atomic mass is 16.2. The summed E-state index contributed by atoms with van der Waals surface area (Å²) in [7, 11) is 0. The second-order valence-corrected chi connectivity index (χ2v) is 5.44. The zero-order chi connectivity index (χ0) is 16.5. The average molecular weight is 315 g/mol. The van der Waals surface area contributed by atoms with Gasteiger partial charge in [-0.05, 0) is 23.3 Å². The molecular formula is C19H13N3O2. The van der Waals surface area contributed by atoms with Crippen LogP contribution in [0.15, 0.2) is 76.3 Å². The van der Waals surface area contributed by atoms with E-state index in [0.717, 1.165) is 16.7 Å². The molecule has 0 aliphatic carbocycles. The van der Waals surface area contributed by atoms with Crippen molar-refractivity contribution in [2.75, 3.05) is 0 Å². The molecule has 5 heteroatoms. The highest BCUT2D eigenvalue weighted by molar-refractivity contribution is 5.77. The predicted molar refractivity (Wildman–Crippen MR) is 93.9 cm³/mol. The van der Waals surface area contributed by atoms with Crippen molar-refractivity contribution in [3.8, 4) is 22.4 Å². The molecule has 24 heavy (non-hydrogen) atoms. The molecule has 0 saturated carbocycles. The summed E-state index contributed by atoms with van der Waals surface area (Å²) in [5, 5.41) is 0.360. The lowest BCUT2D eigenvalue weighted by Crippen LogP contribution is -2.22. The van der Waals surface area contributed by atoms with E-state index in [1.807, 2.05) is 42.5 Å². The molecule has 2 aromatic carbocycles. The largest absolute Gasteiger partial charge is 0.327 e. The molecule has 2 N–H and O–H groups in total. The van der Waals surface area contributed by atoms with E-state index in [0.29, 0.717) is 11.1 Å². The Labute approximate surface area is 136 Å². The van der Waals surface area contributed by atoms with E-state index in [-0.39, 0.29) is 5.65 Å². The molecule has 0 atom stereocenters. The molecule has 0 amide bonds. The van der Waals surface area contributed by atoms with Gasteiger partial charge in [-0.15, -0.1) is 0 Å². The third-order valence-electron chi connectivity index (χ3n) is 3.89. The fourth-order valence-electron chi connectivity index (χ4n) is 2.67. The Morgan fingerprint density at radius 2 is 1.33 bits per heavy atom. The highest BCUT2D eigenvalue weighted by Crippen LogP contribution is 2.24. The smallest absolute Gasteiger partial charge is 0.291 e. The summed E-state index contributed by atoms with van der Waals surface area (Å²) in [6, 6.07) is 21.5. The van der Waals surface area contributed by atoms with Crippen LogP contribution >= 0.6 is 0 Å². The minimum atomic E-state index is -0.559. The molecule has 0 unspecified atom stereocenters. The van der Waals surface area contributed by atoms with Crippen molar-refractivity contribution in [2.45, 2.75) is 0 Å². The van der Waals surface area contributed by atoms with Gasteiger partial charge < -0.3 is 0 Å². The third kappa shape index (κ3) is 2.52. The molecule has 0 aliphatic heterocycles. The van der Waals surface area contributed by atoms with Crippen molar-refractivity contribution < 1.29 is 0 Å². The van der Waals surface area contributed by atoms with Gasteiger partial charge in [0, 0.05) is 5.56 Å². The molecule has 5 nitrogen and oxygen atoms in total. The first-order chi connectivity index (χ1) is 11.7. The molecule has 2 heterocycles. The van der Waals surface area contributed by atoms with Crippen LogP contribution in [0.1, 0.15) is 0 Å². The zero-order valence-corrected chi connectivity index (χ0v) is 12.6. The maximum absolute atomic E-state index is 11.7. The maximum Gasteiger partial charge on any atom is 0.327 e. The quantitative estimate of drug-likeness (QED) is 0.597. The van der Waals surface area contributed by atoms with Crippen LogP contribution < -0.4 is 11.2 Å². The fraction of sp³-hybridized carbons (Fsp3) is 0. The summed E-state index contributed by atoms with van der Waals surface area (Å²) in [6.07, 6.45) is 0. The van der Waals surface area contributed by atoms with Crippen molar-refractivity contribution in [3.63, 3.8) is 0 Å². The van der Waals surface area contributed by atoms with E-state index in [9.17, 15) is 9.59 Å². The van der Waals surface area contributed by atoms with E-state index >= 15 is 0 Å². The number of fused-ring (bicyclic) bond motifs is 1. The summed E-state index contributed by atoms with van der Waals surface area (Å²) in [6.45, 7) is 0. The van der Waals surface area contributed by atoms with Crippen molar-refractivity contribution >= 4 is 11.0 Å². The summed E-state index contributed by atoms with van der Waals surface area (Å²) in [5.41, 5.74) is 3.16. The van der Waals surface area contributed by atoms with E-state index in [2.05, 4.69) is 27.1 Å². The van der Waals surface area contributed by atoms with Gasteiger partial charge in [-0.2, -0.15) is 0 Å². The van der Waals surface area contributed by atoms with E-state index in [1.165, 1.54) is 0 Å². The standard InChI is InChI=1S/C19H13N3O2/c23-18-15-10-11-16(20-17(15)21-19(24)22-18)14-8-6-13(7-9-14)12-4-2-1-3-5-12/h1-11H,(H2,20,21,22,23,24). The Balaban J connectivity index is 1.77. The van der Waals surface area contributed by atoms with Crippen LogP contribution in [0.3, 0.4) is 0 Å². The van der Waals surface area contributed by atoms with Gasteiger partial charge >= 0.3 is 5.69 Å². The number of nitrogens with zero attached hydrogens (tertiary/aromatic N) is 1. The number of aromatic nitrogens is 3. The second kappa shape index (κ2) is 5.62. The second-order valence-electron chi connectivity index (χ2n) is 5.44. The Morgan fingerprint density at radius 3 is 2.08 bits per heavy atom. The van der Waals surface area contributed by atoms with Crippen molar-refractivity contribution in [2.24, 2.45) is 0 Å². The van der Waals surface area contributed by atoms with Crippen LogP contribution in [0.4, 0.5) is 0 Å². The summed E-state index contributed by atoms with van der Waals surface area (Å²) >= 11 is 0. The average Bonchev–Trinajstić information content (AvgIpc) is 2.62. The number of rotatable bonds is 2. The lowest BCUT2D eigenvalue weighted by atomic mass is 10.0. The normalized spacial score (nSPS) is 10.8. The zero-order valence-electron chi connectivity index (χ0n) is 12.6. The van der Waals surface area contributed by atoms with Crippen LogP contribution in [0.5, 0.6) is 0 Å². The van der Waals surface area contributed by atoms with Gasteiger partial charge in [0.15, 0.2) is 0 Å². The number of hydrogen-bond acceptors (Lipinski definition) is 3. The molecule has 4 aromatic rings. The van der Waals surface area contributed by atoms with E-state index in [4.69, 9.17) is 0 Å². The van der Waals surface area contributed by atoms with Gasteiger partial charge in [-0.25, -0.2) is 9.78 Å². The maximum atomic E-state index is 11.7. The topological polar surface area (TPSA) is 78.6 Å². The Morgan fingerprint density at radius 1 is 0.667 bits per heavy atom. The van der Waals surface area contributed by atoms with Gasteiger partial charge in [-0.1, -0.05) is 54.6 Å². The Hall–Kier alpha value is -3.47. The lowest BCUT2D eigenvalue weighted by molar-refractivity contribution is 1.06. The predicted octanol–water partition coefficient (Wildman–Crippen LogP) is 2.95. The molecule has 2 aromatic heterocycles. The van der Waals surface area contributed by atoms with Crippen LogP contribution in [0, 0.1) is 0 Å². The molecular weight excluding hydrogens is 302 g/mol. The SMILES string of the molecule is O=c1[nH]c(=O)c2ccc(-c3ccc(-c4ccccc4)cc3)nc2[nH]1. The number of nitrogens with one attached hydrogen (secondary N) is 2. The third-order valence-corrected chi connectivity index (χ3v) is 3.89. The molecule has 0 bridgehead atoms. The minimum Gasteiger partial charge on any atom is -0.291 e. The monoisotopic (exact) mass is 315 g/mol. The van der Waals surface area contributed by atoms with Gasteiger partial charge in [0.1, 0.15) is 5.65 Å². The molecule has 116 valence electrons. The van der Waals surface area contributed by atoms with Gasteiger partial charge in [0.25, 0.3) is 5.56 Å². The van der Waals surface area contributed by atoms with Crippen LogP contribution in [-0.2, 0) is 0 Å². The first-order valence-corrected chi connectivity index (χ1v) is 7.50. The molecule has 0 spiro atoms. The Bertz CT molecular complexity index is 1130. The summed E-state index contributed by atoms with van der Waals surface area (Å²) in [5.74, 6) is 0. The van der Waals surface area contributed by atoms with Crippen LogP contribution in [0.25, 0.3) is 33.4 Å². The minimum absolute atomic E-state index is 0.286. The van der Waals surface area contributed by atoms with E-state index < -0.39 is 11.2 Å². The summed E-state index contributed by atoms with van der Waals surface area (Å²) < 4.78 is 0. The molecule has 0 fully saturated rings. The number of benzene rings is 2. The van der Waals surface area contributed by atoms with Crippen molar-refractivity contribution in [1.29, 1.82) is 0 Å². The van der Waals surface area contributed by atoms with Gasteiger partial charge in [0.05, 0.1) is 11.1 Å². The van der Waals surface area contributed by atoms with Crippen LogP contribution in [-0.4, -0.2) is 15.0 Å². The lowest BCUT2D eigenvalue weighted by Gasteiger charge is -2.05. The van der Waals surface area contributed by atoms with Gasteiger partial charge in [0.2, 0.25) is 0 Å². The molecule has 0 radical (unpaired) electrons. The number of hydrogen-bond donors (Lipinski definition) is 2. The molecule has 4 rings (SSSR count). The van der Waals surface area contributed by atoms with Crippen molar-refractivity contribution in [3.05, 3.63) is 87.6 Å². The van der Waals surface area contributed by atoms with Crippen LogP contribution in [0.2, 0.25) is 0 Å². The first-order valence-electron chi connectivity index (χ1n) is 7.50. The van der Waals surface area contributed by atoms with Gasteiger partial charge in [-0.3, -0.25) is 14.8 Å². The highest BCUT2D eigenvalue weighted by Gasteiger charge is 2.06. The number of pyridine rings is 1. The fourth-order valence-corrected chi connectivity index (χ4v) is 2.67. The number of H-pyrrole nitrogens is 2. The molecule has 0 aliphatic rings. The Kier molecular flexibility index (Phi) is 3.31.